The lowest BCUT2D eigenvalue weighted by Gasteiger charge is -2.08. The van der Waals surface area contributed by atoms with E-state index in [0.29, 0.717) is 22.0 Å². The van der Waals surface area contributed by atoms with Crippen LogP contribution in [0.3, 0.4) is 0 Å². The van der Waals surface area contributed by atoms with Gasteiger partial charge in [-0.3, -0.25) is 9.59 Å². The van der Waals surface area contributed by atoms with E-state index in [1.165, 1.54) is 43.5 Å². The van der Waals surface area contributed by atoms with E-state index in [0.717, 1.165) is 16.0 Å². The molecule has 43 heavy (non-hydrogen) atoms. The molecular formula is C31H19ClN6O2S3. The van der Waals surface area contributed by atoms with Crippen molar-refractivity contribution < 1.29 is 4.79 Å². The van der Waals surface area contributed by atoms with Crippen molar-refractivity contribution in [3.05, 3.63) is 131 Å². The van der Waals surface area contributed by atoms with Crippen LogP contribution in [0, 0.1) is 23.2 Å². The van der Waals surface area contributed by atoms with E-state index >= 15 is 0 Å². The highest BCUT2D eigenvalue weighted by molar-refractivity contribution is 7.16. The summed E-state index contributed by atoms with van der Waals surface area (Å²) in [4.78, 5) is 28.0. The minimum Gasteiger partial charge on any atom is -0.364 e. The van der Waals surface area contributed by atoms with Gasteiger partial charge < -0.3 is 9.88 Å². The summed E-state index contributed by atoms with van der Waals surface area (Å²) in [5.74, 6) is 5.91. The van der Waals surface area contributed by atoms with Crippen LogP contribution < -0.4 is 10.9 Å². The third-order valence-electron chi connectivity index (χ3n) is 6.33. The third kappa shape index (κ3) is 6.21. The number of carbonyl (C=O) groups excluding carboxylic acids is 1. The molecule has 0 radical (unpaired) electrons. The summed E-state index contributed by atoms with van der Waals surface area (Å²) in [5, 5.41) is 23.6. The largest absolute Gasteiger partial charge is 0.364 e. The summed E-state index contributed by atoms with van der Waals surface area (Å²) in [6.07, 6.45) is 3.34. The summed E-state index contributed by atoms with van der Waals surface area (Å²) in [6.45, 7) is 0.580. The van der Waals surface area contributed by atoms with Gasteiger partial charge in [-0.1, -0.05) is 41.6 Å². The van der Waals surface area contributed by atoms with Gasteiger partial charge in [0, 0.05) is 44.7 Å². The van der Waals surface area contributed by atoms with Crippen molar-refractivity contribution in [2.24, 2.45) is 0 Å². The molecule has 0 amide bonds. The second-order valence-corrected chi connectivity index (χ2v) is 12.4. The maximum absolute atomic E-state index is 13.6. The third-order valence-corrected chi connectivity index (χ3v) is 8.88. The molecule has 0 unspecified atom stereocenters. The lowest BCUT2D eigenvalue weighted by Crippen LogP contribution is -2.23. The highest BCUT2D eigenvalue weighted by Crippen LogP contribution is 2.31. The molecule has 210 valence electrons. The molecule has 5 aromatic heterocycles. The number of nitriles is 1. The van der Waals surface area contributed by atoms with E-state index in [9.17, 15) is 14.9 Å². The highest BCUT2D eigenvalue weighted by atomic mass is 35.5. The van der Waals surface area contributed by atoms with Crippen molar-refractivity contribution >= 4 is 57.5 Å². The normalized spacial score (nSPS) is 10.6. The van der Waals surface area contributed by atoms with Crippen LogP contribution in [0.15, 0.2) is 87.9 Å². The van der Waals surface area contributed by atoms with Crippen LogP contribution in [0.1, 0.15) is 37.5 Å². The average molecular weight is 639 g/mol. The van der Waals surface area contributed by atoms with Crippen molar-refractivity contribution in [2.75, 3.05) is 5.32 Å². The predicted molar refractivity (Wildman–Crippen MR) is 171 cm³/mol. The van der Waals surface area contributed by atoms with Gasteiger partial charge in [-0.15, -0.1) is 11.3 Å². The first kappa shape index (κ1) is 28.3. The van der Waals surface area contributed by atoms with Gasteiger partial charge in [0.2, 0.25) is 0 Å². The van der Waals surface area contributed by atoms with Gasteiger partial charge in [0.05, 0.1) is 28.6 Å². The molecule has 1 aromatic carbocycles. The summed E-state index contributed by atoms with van der Waals surface area (Å²) in [7, 11) is 0. The number of nitrogens with one attached hydrogen (secondary N) is 1. The monoisotopic (exact) mass is 638 g/mol. The number of hydrogen-bond donors (Lipinski definition) is 1. The highest BCUT2D eigenvalue weighted by Gasteiger charge is 2.25. The molecule has 0 spiro atoms. The molecule has 0 saturated heterocycles. The van der Waals surface area contributed by atoms with E-state index in [2.05, 4.69) is 32.7 Å². The maximum atomic E-state index is 13.6. The van der Waals surface area contributed by atoms with Gasteiger partial charge in [0.1, 0.15) is 17.3 Å². The first-order valence-corrected chi connectivity index (χ1v) is 15.8. The van der Waals surface area contributed by atoms with Crippen LogP contribution in [0.5, 0.6) is 0 Å². The standard InChI is InChI=1S/C31H19ClN6O2S3/c32-27-9-8-25(43-27)15-34-29-26(13-33)28(36-38(29)31(40)23-10-11-41-19-23)24-12-22(7-6-20-4-2-1-3-5-20)30(39)37(17-24)16-21-14-35-42-18-21/h1-5,8-12,14,17-19,34H,15-16H2. The van der Waals surface area contributed by atoms with Crippen molar-refractivity contribution in [3.8, 4) is 29.2 Å². The molecule has 8 nitrogen and oxygen atoms in total. The van der Waals surface area contributed by atoms with Crippen molar-refractivity contribution in [1.82, 2.24) is 18.7 Å². The number of thiophene rings is 2. The number of benzene rings is 1. The Morgan fingerprint density at radius 1 is 1.09 bits per heavy atom. The fourth-order valence-corrected chi connectivity index (χ4v) is 6.48. The Balaban J connectivity index is 1.50. The van der Waals surface area contributed by atoms with Crippen LogP contribution in [-0.4, -0.2) is 24.6 Å². The van der Waals surface area contributed by atoms with Gasteiger partial charge in [0.25, 0.3) is 11.5 Å². The Morgan fingerprint density at radius 2 is 1.95 bits per heavy atom. The van der Waals surface area contributed by atoms with Crippen LogP contribution in [0.2, 0.25) is 4.34 Å². The number of carbonyl (C=O) groups is 1. The van der Waals surface area contributed by atoms with Crippen LogP contribution in [0.25, 0.3) is 11.3 Å². The van der Waals surface area contributed by atoms with Crippen LogP contribution in [0.4, 0.5) is 5.82 Å². The molecule has 1 N–H and O–H groups in total. The Kier molecular flexibility index (Phi) is 8.31. The zero-order valence-corrected chi connectivity index (χ0v) is 25.4. The van der Waals surface area contributed by atoms with Crippen LogP contribution >= 0.6 is 45.8 Å². The summed E-state index contributed by atoms with van der Waals surface area (Å²) < 4.78 is 7.51. The molecule has 0 saturated carbocycles. The minimum atomic E-state index is -0.391. The number of hydrogen-bond acceptors (Lipinski definition) is 9. The maximum Gasteiger partial charge on any atom is 0.280 e. The van der Waals surface area contributed by atoms with E-state index < -0.39 is 5.91 Å². The Bertz CT molecular complexity index is 2080. The van der Waals surface area contributed by atoms with Gasteiger partial charge in [0.15, 0.2) is 5.82 Å². The molecule has 0 aliphatic rings. The lowest BCUT2D eigenvalue weighted by molar-refractivity contribution is 0.0948. The molecular weight excluding hydrogens is 620 g/mol. The van der Waals surface area contributed by atoms with Gasteiger partial charge in [-0.05, 0) is 53.3 Å². The zero-order chi connectivity index (χ0) is 29.8. The molecule has 0 bridgehead atoms. The van der Waals surface area contributed by atoms with E-state index in [4.69, 9.17) is 11.6 Å². The summed E-state index contributed by atoms with van der Waals surface area (Å²) in [5.41, 5.74) is 2.86. The van der Waals surface area contributed by atoms with E-state index in [-0.39, 0.29) is 34.7 Å². The summed E-state index contributed by atoms with van der Waals surface area (Å²) >= 11 is 10.2. The van der Waals surface area contributed by atoms with Crippen LogP contribution in [-0.2, 0) is 13.1 Å². The Labute approximate surface area is 263 Å². The zero-order valence-electron chi connectivity index (χ0n) is 22.2. The molecule has 6 aromatic rings. The average Bonchev–Trinajstić information content (AvgIpc) is 3.85. The quantitative estimate of drug-likeness (QED) is 0.198. The number of halogens is 1. The number of anilines is 1. The Hall–Kier alpha value is -4.78. The van der Waals surface area contributed by atoms with Gasteiger partial charge in [-0.2, -0.15) is 26.4 Å². The predicted octanol–water partition coefficient (Wildman–Crippen LogP) is 6.57. The molecule has 0 fully saturated rings. The van der Waals surface area contributed by atoms with E-state index in [1.54, 1.807) is 41.4 Å². The van der Waals surface area contributed by atoms with Gasteiger partial charge >= 0.3 is 0 Å². The number of rotatable bonds is 7. The number of nitrogens with zero attached hydrogens (tertiary/aromatic N) is 5. The van der Waals surface area contributed by atoms with Crippen molar-refractivity contribution in [3.63, 3.8) is 0 Å². The fraction of sp³-hybridized carbons (Fsp3) is 0.0645. The second-order valence-electron chi connectivity index (χ2n) is 9.20. The molecule has 6 rings (SSSR count). The Morgan fingerprint density at radius 3 is 2.65 bits per heavy atom. The van der Waals surface area contributed by atoms with Crippen molar-refractivity contribution in [1.29, 1.82) is 5.26 Å². The fourth-order valence-electron chi connectivity index (χ4n) is 4.30. The SMILES string of the molecule is N#Cc1c(-c2cc(C#Cc3ccccc3)c(=O)n(Cc3cnsc3)c2)nn(C(=O)c2ccsc2)c1NCc1ccc(Cl)s1. The molecule has 0 aliphatic heterocycles. The lowest BCUT2D eigenvalue weighted by atomic mass is 10.1. The first-order valence-electron chi connectivity index (χ1n) is 12.8. The minimum absolute atomic E-state index is 0.163. The first-order chi connectivity index (χ1) is 21.0. The molecule has 5 heterocycles. The van der Waals surface area contributed by atoms with Gasteiger partial charge in [-0.25, -0.2) is 4.37 Å². The number of aromatic nitrogens is 4. The molecule has 0 aliphatic carbocycles. The number of pyridine rings is 1. The second kappa shape index (κ2) is 12.6. The van der Waals surface area contributed by atoms with Crippen molar-refractivity contribution in [2.45, 2.75) is 13.1 Å². The molecule has 0 atom stereocenters. The smallest absolute Gasteiger partial charge is 0.280 e. The van der Waals surface area contributed by atoms with E-state index in [1.807, 2.05) is 41.8 Å². The topological polar surface area (TPSA) is 106 Å². The molecule has 12 heteroatoms. The summed E-state index contributed by atoms with van der Waals surface area (Å²) in [6, 6.07) is 18.6.